The molecule has 0 atom stereocenters. The van der Waals surface area contributed by atoms with Crippen molar-refractivity contribution in [3.8, 4) is 11.5 Å². The van der Waals surface area contributed by atoms with E-state index < -0.39 is 0 Å². The van der Waals surface area contributed by atoms with Crippen molar-refractivity contribution in [3.63, 3.8) is 0 Å². The minimum atomic E-state index is -0.307. The Morgan fingerprint density at radius 3 is 2.57 bits per heavy atom. The fourth-order valence-electron chi connectivity index (χ4n) is 1.81. The molecule has 23 heavy (non-hydrogen) atoms. The molecule has 0 unspecified atom stereocenters. The van der Waals surface area contributed by atoms with Crippen molar-refractivity contribution in [1.82, 2.24) is 10.2 Å². The van der Waals surface area contributed by atoms with Crippen molar-refractivity contribution in [3.05, 3.63) is 60.4 Å². The number of carbonyl (C=O) groups excluding carboxylic acids is 1. The lowest BCUT2D eigenvalue weighted by atomic mass is 10.2. The second-order valence-corrected chi connectivity index (χ2v) is 5.62. The number of rotatable bonds is 5. The van der Waals surface area contributed by atoms with Crippen molar-refractivity contribution in [2.75, 3.05) is 11.1 Å². The van der Waals surface area contributed by atoms with Crippen LogP contribution in [0.4, 0.5) is 10.4 Å². The Bertz CT molecular complexity index is 791. The van der Waals surface area contributed by atoms with Crippen molar-refractivity contribution in [1.29, 1.82) is 0 Å². The Morgan fingerprint density at radius 1 is 1.09 bits per heavy atom. The van der Waals surface area contributed by atoms with Crippen molar-refractivity contribution in [2.24, 2.45) is 0 Å². The number of carbonyl (C=O) groups is 1. The van der Waals surface area contributed by atoms with Gasteiger partial charge in [0.25, 0.3) is 0 Å². The van der Waals surface area contributed by atoms with Crippen molar-refractivity contribution < 1.29 is 13.6 Å². The molecular formula is C16H12FN3O2S. The van der Waals surface area contributed by atoms with Crippen LogP contribution in [0.2, 0.25) is 0 Å². The lowest BCUT2D eigenvalue weighted by Crippen LogP contribution is -2.14. The van der Waals surface area contributed by atoms with Crippen LogP contribution in [0.1, 0.15) is 0 Å². The zero-order chi connectivity index (χ0) is 16.1. The molecule has 0 spiro atoms. The predicted molar refractivity (Wildman–Crippen MR) is 85.5 cm³/mol. The lowest BCUT2D eigenvalue weighted by molar-refractivity contribution is -0.113. The first-order valence-electron chi connectivity index (χ1n) is 6.78. The first-order chi connectivity index (χ1) is 11.2. The molecule has 7 heteroatoms. The minimum Gasteiger partial charge on any atom is -0.403 e. The number of halogens is 1. The summed E-state index contributed by atoms with van der Waals surface area (Å²) in [5.41, 5.74) is 0.779. The van der Waals surface area contributed by atoms with Gasteiger partial charge in [-0.3, -0.25) is 10.1 Å². The van der Waals surface area contributed by atoms with Crippen LogP contribution >= 0.6 is 11.8 Å². The molecular weight excluding hydrogens is 317 g/mol. The third-order valence-corrected chi connectivity index (χ3v) is 3.89. The molecule has 116 valence electrons. The molecule has 1 heterocycles. The topological polar surface area (TPSA) is 68.0 Å². The fourth-order valence-corrected chi connectivity index (χ4v) is 2.50. The van der Waals surface area contributed by atoms with E-state index in [1.54, 1.807) is 12.1 Å². The molecule has 0 aliphatic rings. The molecule has 5 nitrogen and oxygen atoms in total. The van der Waals surface area contributed by atoms with Crippen LogP contribution in [0.15, 0.2) is 63.9 Å². The normalized spacial score (nSPS) is 10.5. The number of nitrogens with one attached hydrogen (secondary N) is 1. The number of thioether (sulfide) groups is 1. The SMILES string of the molecule is O=C(CSc1ccc(F)cc1)Nc1nnc(-c2ccccc2)o1. The maximum Gasteiger partial charge on any atom is 0.322 e. The fraction of sp³-hybridized carbons (Fsp3) is 0.0625. The van der Waals surface area contributed by atoms with E-state index in [9.17, 15) is 9.18 Å². The molecule has 3 rings (SSSR count). The third kappa shape index (κ3) is 4.17. The maximum atomic E-state index is 12.8. The van der Waals surface area contributed by atoms with Gasteiger partial charge in [0.2, 0.25) is 11.8 Å². The first-order valence-corrected chi connectivity index (χ1v) is 7.76. The summed E-state index contributed by atoms with van der Waals surface area (Å²) < 4.78 is 18.2. The quantitative estimate of drug-likeness (QED) is 0.724. The average Bonchev–Trinajstić information content (AvgIpc) is 3.04. The first kappa shape index (κ1) is 15.2. The molecule has 0 saturated carbocycles. The highest BCUT2D eigenvalue weighted by Crippen LogP contribution is 2.20. The molecule has 0 saturated heterocycles. The summed E-state index contributed by atoms with van der Waals surface area (Å²) in [6.45, 7) is 0. The number of amides is 1. The summed E-state index contributed by atoms with van der Waals surface area (Å²) in [6.07, 6.45) is 0. The van der Waals surface area contributed by atoms with E-state index in [1.165, 1.54) is 23.9 Å². The summed E-state index contributed by atoms with van der Waals surface area (Å²) >= 11 is 1.29. The van der Waals surface area contributed by atoms with E-state index in [4.69, 9.17) is 4.42 Å². The monoisotopic (exact) mass is 329 g/mol. The van der Waals surface area contributed by atoms with Gasteiger partial charge < -0.3 is 4.42 Å². The number of anilines is 1. The van der Waals surface area contributed by atoms with Crippen molar-refractivity contribution >= 4 is 23.7 Å². The molecule has 0 fully saturated rings. The summed E-state index contributed by atoms with van der Waals surface area (Å²) in [5.74, 6) is -0.0814. The maximum absolute atomic E-state index is 12.8. The molecule has 0 aliphatic heterocycles. The highest BCUT2D eigenvalue weighted by atomic mass is 32.2. The van der Waals surface area contributed by atoms with Gasteiger partial charge in [-0.2, -0.15) is 0 Å². The second-order valence-electron chi connectivity index (χ2n) is 4.57. The lowest BCUT2D eigenvalue weighted by Gasteiger charge is -2.01. The molecule has 2 aromatic carbocycles. The van der Waals surface area contributed by atoms with E-state index in [1.807, 2.05) is 30.3 Å². The van der Waals surface area contributed by atoms with Gasteiger partial charge in [0.05, 0.1) is 5.75 Å². The van der Waals surface area contributed by atoms with Gasteiger partial charge in [-0.15, -0.1) is 16.9 Å². The number of aromatic nitrogens is 2. The summed E-state index contributed by atoms with van der Waals surface area (Å²) in [4.78, 5) is 12.7. The smallest absolute Gasteiger partial charge is 0.322 e. The van der Waals surface area contributed by atoms with Crippen LogP contribution in [-0.4, -0.2) is 21.9 Å². The van der Waals surface area contributed by atoms with E-state index in [2.05, 4.69) is 15.5 Å². The number of hydrogen-bond acceptors (Lipinski definition) is 5. The molecule has 1 aromatic heterocycles. The summed E-state index contributed by atoms with van der Waals surface area (Å²) in [7, 11) is 0. The Labute approximate surface area is 135 Å². The average molecular weight is 329 g/mol. The van der Waals surface area contributed by atoms with Crippen molar-refractivity contribution in [2.45, 2.75) is 4.90 Å². The van der Waals surface area contributed by atoms with E-state index in [-0.39, 0.29) is 23.5 Å². The Hall–Kier alpha value is -2.67. The van der Waals surface area contributed by atoms with E-state index in [0.29, 0.717) is 5.89 Å². The van der Waals surface area contributed by atoms with Crippen LogP contribution in [0, 0.1) is 5.82 Å². The number of nitrogens with zero attached hydrogens (tertiary/aromatic N) is 2. The molecule has 3 aromatic rings. The van der Waals surface area contributed by atoms with Crippen LogP contribution < -0.4 is 5.32 Å². The molecule has 0 bridgehead atoms. The van der Waals surface area contributed by atoms with Crippen LogP contribution in [-0.2, 0) is 4.79 Å². The Morgan fingerprint density at radius 2 is 1.83 bits per heavy atom. The highest BCUT2D eigenvalue weighted by molar-refractivity contribution is 8.00. The molecule has 1 N–H and O–H groups in total. The van der Waals surface area contributed by atoms with E-state index in [0.717, 1.165) is 10.5 Å². The Balaban J connectivity index is 1.56. The van der Waals surface area contributed by atoms with Gasteiger partial charge in [0.1, 0.15) is 5.82 Å². The largest absolute Gasteiger partial charge is 0.403 e. The van der Waals surface area contributed by atoms with Gasteiger partial charge in [-0.25, -0.2) is 4.39 Å². The molecule has 0 radical (unpaired) electrons. The zero-order valence-electron chi connectivity index (χ0n) is 11.9. The minimum absolute atomic E-state index is 0.0496. The zero-order valence-corrected chi connectivity index (χ0v) is 12.7. The molecule has 1 amide bonds. The van der Waals surface area contributed by atoms with Gasteiger partial charge in [-0.05, 0) is 36.4 Å². The Kier molecular flexibility index (Phi) is 4.68. The standard InChI is InChI=1S/C16H12FN3O2S/c17-12-6-8-13(9-7-12)23-10-14(21)18-16-20-19-15(22-16)11-4-2-1-3-5-11/h1-9H,10H2,(H,18,20,21). The summed E-state index contributed by atoms with van der Waals surface area (Å²) in [5, 5.41) is 10.2. The van der Waals surface area contributed by atoms with Gasteiger partial charge >= 0.3 is 6.01 Å². The second kappa shape index (κ2) is 7.06. The van der Waals surface area contributed by atoms with Crippen LogP contribution in [0.25, 0.3) is 11.5 Å². The third-order valence-electron chi connectivity index (χ3n) is 2.88. The van der Waals surface area contributed by atoms with Gasteiger partial charge in [0.15, 0.2) is 0 Å². The van der Waals surface area contributed by atoms with Crippen LogP contribution in [0.5, 0.6) is 0 Å². The number of benzene rings is 2. The molecule has 0 aliphatic carbocycles. The van der Waals surface area contributed by atoms with Gasteiger partial charge in [0, 0.05) is 10.5 Å². The summed E-state index contributed by atoms with van der Waals surface area (Å²) in [6, 6.07) is 15.3. The highest BCUT2D eigenvalue weighted by Gasteiger charge is 2.11. The van der Waals surface area contributed by atoms with Gasteiger partial charge in [-0.1, -0.05) is 23.3 Å². The number of hydrogen-bond donors (Lipinski definition) is 1. The van der Waals surface area contributed by atoms with E-state index >= 15 is 0 Å². The predicted octanol–water partition coefficient (Wildman–Crippen LogP) is 3.61. The van der Waals surface area contributed by atoms with Crippen LogP contribution in [0.3, 0.4) is 0 Å².